The van der Waals surface area contributed by atoms with Crippen molar-refractivity contribution in [2.24, 2.45) is 11.8 Å². The van der Waals surface area contributed by atoms with E-state index < -0.39 is 0 Å². The van der Waals surface area contributed by atoms with Gasteiger partial charge in [-0.05, 0) is 30.2 Å². The molecule has 1 atom stereocenters. The van der Waals surface area contributed by atoms with Gasteiger partial charge in [-0.3, -0.25) is 9.59 Å². The molecule has 0 spiro atoms. The molecule has 21 heavy (non-hydrogen) atoms. The number of nitrogens with zero attached hydrogens (tertiary/aromatic N) is 1. The molecular formula is C17H22N2O2. The van der Waals surface area contributed by atoms with E-state index in [1.165, 1.54) is 0 Å². The summed E-state index contributed by atoms with van der Waals surface area (Å²) in [4.78, 5) is 25.4. The number of benzene rings is 1. The maximum absolute atomic E-state index is 11.9. The zero-order valence-electron chi connectivity index (χ0n) is 12.6. The van der Waals surface area contributed by atoms with E-state index in [1.807, 2.05) is 44.2 Å². The van der Waals surface area contributed by atoms with Gasteiger partial charge >= 0.3 is 0 Å². The smallest absolute Gasteiger partial charge is 0.227 e. The van der Waals surface area contributed by atoms with Gasteiger partial charge < -0.3 is 10.2 Å². The molecular weight excluding hydrogens is 264 g/mol. The van der Waals surface area contributed by atoms with Crippen LogP contribution in [0.25, 0.3) is 0 Å². The molecule has 1 aliphatic rings. The van der Waals surface area contributed by atoms with Gasteiger partial charge in [-0.1, -0.05) is 19.9 Å². The van der Waals surface area contributed by atoms with Gasteiger partial charge in [0.1, 0.15) is 0 Å². The monoisotopic (exact) mass is 286 g/mol. The van der Waals surface area contributed by atoms with E-state index >= 15 is 0 Å². The Morgan fingerprint density at radius 2 is 2.10 bits per heavy atom. The Morgan fingerprint density at radius 1 is 1.43 bits per heavy atom. The molecule has 4 heteroatoms. The highest BCUT2D eigenvalue weighted by Crippen LogP contribution is 2.26. The van der Waals surface area contributed by atoms with Crippen molar-refractivity contribution in [1.82, 2.24) is 0 Å². The number of amides is 2. The second-order valence-electron chi connectivity index (χ2n) is 5.90. The molecule has 0 bridgehead atoms. The first-order valence-electron chi connectivity index (χ1n) is 7.32. The first-order chi connectivity index (χ1) is 9.99. The highest BCUT2D eigenvalue weighted by atomic mass is 16.2. The molecule has 1 aromatic rings. The van der Waals surface area contributed by atoms with Crippen LogP contribution in [0.5, 0.6) is 0 Å². The van der Waals surface area contributed by atoms with Gasteiger partial charge in [0.05, 0.1) is 0 Å². The summed E-state index contributed by atoms with van der Waals surface area (Å²) >= 11 is 0. The number of carbonyl (C=O) groups excluding carboxylic acids is 2. The molecule has 1 aromatic carbocycles. The predicted molar refractivity (Wildman–Crippen MR) is 85.2 cm³/mol. The molecule has 1 N–H and O–H groups in total. The average molecular weight is 286 g/mol. The Bertz CT molecular complexity index is 534. The lowest BCUT2D eigenvalue weighted by Gasteiger charge is -2.17. The van der Waals surface area contributed by atoms with E-state index in [0.717, 1.165) is 11.4 Å². The van der Waals surface area contributed by atoms with Crippen LogP contribution in [-0.4, -0.2) is 18.4 Å². The minimum atomic E-state index is 0.0155. The topological polar surface area (TPSA) is 49.4 Å². The molecule has 1 saturated heterocycles. The highest BCUT2D eigenvalue weighted by molar-refractivity contribution is 5.96. The van der Waals surface area contributed by atoms with Crippen molar-refractivity contribution in [2.75, 3.05) is 16.8 Å². The second-order valence-corrected chi connectivity index (χ2v) is 5.90. The minimum Gasteiger partial charge on any atom is -0.326 e. The van der Waals surface area contributed by atoms with E-state index in [2.05, 4.69) is 11.9 Å². The maximum atomic E-state index is 11.9. The summed E-state index contributed by atoms with van der Waals surface area (Å²) < 4.78 is 0. The first kappa shape index (κ1) is 15.3. The van der Waals surface area contributed by atoms with Gasteiger partial charge in [-0.25, -0.2) is 0 Å². The second kappa shape index (κ2) is 6.57. The van der Waals surface area contributed by atoms with Gasteiger partial charge in [0.25, 0.3) is 0 Å². The van der Waals surface area contributed by atoms with E-state index in [4.69, 9.17) is 0 Å². The quantitative estimate of drug-likeness (QED) is 0.845. The van der Waals surface area contributed by atoms with Gasteiger partial charge in [0, 0.05) is 36.7 Å². The molecule has 2 rings (SSSR count). The Labute approximate surface area is 125 Å². The summed E-state index contributed by atoms with van der Waals surface area (Å²) in [5.74, 6) is 0.698. The SMILES string of the molecule is C=CC1CC(=O)N(c2ccc(NC(=O)CC(C)C)cc2)C1. The Morgan fingerprint density at radius 3 is 2.62 bits per heavy atom. The summed E-state index contributed by atoms with van der Waals surface area (Å²) in [7, 11) is 0. The van der Waals surface area contributed by atoms with Crippen LogP contribution in [0.2, 0.25) is 0 Å². The lowest BCUT2D eigenvalue weighted by atomic mass is 10.1. The molecule has 0 aliphatic carbocycles. The molecule has 4 nitrogen and oxygen atoms in total. The number of rotatable bonds is 5. The van der Waals surface area contributed by atoms with Crippen LogP contribution >= 0.6 is 0 Å². The molecule has 112 valence electrons. The third-order valence-corrected chi connectivity index (χ3v) is 3.54. The van der Waals surface area contributed by atoms with E-state index in [9.17, 15) is 9.59 Å². The summed E-state index contributed by atoms with van der Waals surface area (Å²) in [6, 6.07) is 7.41. The van der Waals surface area contributed by atoms with Crippen molar-refractivity contribution in [3.8, 4) is 0 Å². The molecule has 1 unspecified atom stereocenters. The van der Waals surface area contributed by atoms with E-state index in [1.54, 1.807) is 4.90 Å². The fourth-order valence-corrected chi connectivity index (χ4v) is 2.45. The largest absolute Gasteiger partial charge is 0.326 e. The van der Waals surface area contributed by atoms with Crippen LogP contribution in [0.15, 0.2) is 36.9 Å². The van der Waals surface area contributed by atoms with E-state index in [-0.39, 0.29) is 17.7 Å². The Balaban J connectivity index is 2.01. The molecule has 1 fully saturated rings. The lowest BCUT2D eigenvalue weighted by molar-refractivity contribution is -0.117. The summed E-state index contributed by atoms with van der Waals surface area (Å²) in [5, 5.41) is 2.86. The molecule has 0 radical (unpaired) electrons. The fraction of sp³-hybridized carbons (Fsp3) is 0.412. The van der Waals surface area contributed by atoms with Gasteiger partial charge in [-0.2, -0.15) is 0 Å². The number of nitrogens with one attached hydrogen (secondary N) is 1. The van der Waals surface area contributed by atoms with Crippen LogP contribution in [-0.2, 0) is 9.59 Å². The number of hydrogen-bond acceptors (Lipinski definition) is 2. The molecule has 1 heterocycles. The zero-order chi connectivity index (χ0) is 15.4. The van der Waals surface area contributed by atoms with Crippen LogP contribution in [0.1, 0.15) is 26.7 Å². The summed E-state index contributed by atoms with van der Waals surface area (Å²) in [5.41, 5.74) is 1.63. The normalized spacial score (nSPS) is 18.1. The lowest BCUT2D eigenvalue weighted by Crippen LogP contribution is -2.24. The minimum absolute atomic E-state index is 0.0155. The Kier molecular flexibility index (Phi) is 4.78. The van der Waals surface area contributed by atoms with Crippen molar-refractivity contribution < 1.29 is 9.59 Å². The number of hydrogen-bond donors (Lipinski definition) is 1. The highest BCUT2D eigenvalue weighted by Gasteiger charge is 2.28. The number of carbonyl (C=O) groups is 2. The molecule has 0 aromatic heterocycles. The summed E-state index contributed by atoms with van der Waals surface area (Å²) in [6.45, 7) is 8.45. The zero-order valence-corrected chi connectivity index (χ0v) is 12.6. The van der Waals surface area contributed by atoms with E-state index in [0.29, 0.717) is 25.3 Å². The predicted octanol–water partition coefficient (Wildman–Crippen LogP) is 3.21. The van der Waals surface area contributed by atoms with Crippen LogP contribution < -0.4 is 10.2 Å². The summed E-state index contributed by atoms with van der Waals surface area (Å²) in [6.07, 6.45) is 2.86. The van der Waals surface area contributed by atoms with Crippen molar-refractivity contribution in [3.05, 3.63) is 36.9 Å². The van der Waals surface area contributed by atoms with Gasteiger partial charge in [-0.15, -0.1) is 6.58 Å². The van der Waals surface area contributed by atoms with Crippen molar-refractivity contribution in [1.29, 1.82) is 0 Å². The van der Waals surface area contributed by atoms with Crippen LogP contribution in [0.4, 0.5) is 11.4 Å². The molecule has 2 amide bonds. The van der Waals surface area contributed by atoms with Crippen molar-refractivity contribution in [3.63, 3.8) is 0 Å². The fourth-order valence-electron chi connectivity index (χ4n) is 2.45. The average Bonchev–Trinajstić information content (AvgIpc) is 2.80. The maximum Gasteiger partial charge on any atom is 0.227 e. The van der Waals surface area contributed by atoms with Gasteiger partial charge in [0.15, 0.2) is 0 Å². The molecule has 0 saturated carbocycles. The van der Waals surface area contributed by atoms with Crippen LogP contribution in [0.3, 0.4) is 0 Å². The van der Waals surface area contributed by atoms with Gasteiger partial charge in [0.2, 0.25) is 11.8 Å². The third kappa shape index (κ3) is 3.94. The number of anilines is 2. The third-order valence-electron chi connectivity index (χ3n) is 3.54. The van der Waals surface area contributed by atoms with Crippen LogP contribution in [0, 0.1) is 11.8 Å². The van der Waals surface area contributed by atoms with Crippen molar-refractivity contribution in [2.45, 2.75) is 26.7 Å². The first-order valence-corrected chi connectivity index (χ1v) is 7.32. The standard InChI is InChI=1S/C17H22N2O2/c1-4-13-10-17(21)19(11-13)15-7-5-14(6-8-15)18-16(20)9-12(2)3/h4-8,12-13H,1,9-11H2,2-3H3,(H,18,20). The Hall–Kier alpha value is -2.10. The molecule has 1 aliphatic heterocycles. The van der Waals surface area contributed by atoms with Crippen molar-refractivity contribution >= 4 is 23.2 Å².